The second kappa shape index (κ2) is 6.19. The predicted molar refractivity (Wildman–Crippen MR) is 76.6 cm³/mol. The summed E-state index contributed by atoms with van der Waals surface area (Å²) in [6.45, 7) is 1.79. The van der Waals surface area contributed by atoms with Crippen molar-refractivity contribution >= 4 is 27.3 Å². The number of carbonyl (C=O) groups excluding carboxylic acids is 1. The minimum Gasteiger partial charge on any atom is -0.492 e. The van der Waals surface area contributed by atoms with Gasteiger partial charge in [-0.3, -0.25) is 4.79 Å². The van der Waals surface area contributed by atoms with Gasteiger partial charge in [-0.2, -0.15) is 0 Å². The van der Waals surface area contributed by atoms with Crippen LogP contribution in [0.5, 0.6) is 5.75 Å². The molecule has 2 N–H and O–H groups in total. The zero-order valence-corrected chi connectivity index (χ0v) is 12.1. The highest BCUT2D eigenvalue weighted by molar-refractivity contribution is 7.17. The van der Waals surface area contributed by atoms with Crippen LogP contribution in [-0.2, 0) is 16.0 Å². The first-order valence-electron chi connectivity index (χ1n) is 6.18. The molecule has 1 atom stereocenters. The van der Waals surface area contributed by atoms with Gasteiger partial charge in [-0.15, -0.1) is 11.3 Å². The summed E-state index contributed by atoms with van der Waals surface area (Å²) in [4.78, 5) is 10.9. The molecule has 0 aliphatic carbocycles. The van der Waals surface area contributed by atoms with Gasteiger partial charge in [-0.1, -0.05) is 0 Å². The van der Waals surface area contributed by atoms with Gasteiger partial charge >= 0.3 is 0 Å². The van der Waals surface area contributed by atoms with Gasteiger partial charge in [0.25, 0.3) is 0 Å². The molecule has 1 unspecified atom stereocenters. The summed E-state index contributed by atoms with van der Waals surface area (Å²) in [6, 6.07) is 3.69. The minimum atomic E-state index is -0.676. The lowest BCUT2D eigenvalue weighted by molar-refractivity contribution is -0.128. The first kappa shape index (κ1) is 14.7. The van der Waals surface area contributed by atoms with Crippen molar-refractivity contribution in [2.75, 3.05) is 13.7 Å². The van der Waals surface area contributed by atoms with E-state index in [0.717, 1.165) is 10.1 Å². The summed E-state index contributed by atoms with van der Waals surface area (Å²) in [5.74, 6) is -0.649. The fraction of sp³-hybridized carbons (Fsp3) is 0.357. The highest BCUT2D eigenvalue weighted by Crippen LogP contribution is 2.35. The second-order valence-corrected chi connectivity index (χ2v) is 5.30. The Labute approximate surface area is 120 Å². The fourth-order valence-electron chi connectivity index (χ4n) is 1.91. The third-order valence-corrected chi connectivity index (χ3v) is 3.99. The number of primary amides is 1. The molecular formula is C14H16FNO3S. The normalized spacial score (nSPS) is 12.6. The number of carbonyl (C=O) groups is 1. The molecule has 1 aromatic heterocycles. The van der Waals surface area contributed by atoms with Gasteiger partial charge in [-0.25, -0.2) is 4.39 Å². The van der Waals surface area contributed by atoms with Crippen LogP contribution in [0.1, 0.15) is 12.5 Å². The number of rotatable bonds is 6. The standard InChI is InChI=1S/C14H16FNO3S/c1-8(14(16)17)19-5-3-9-7-10-4-6-20-13(10)12(18-2)11(9)15/h4,6-8H,3,5H2,1-2H3,(H2,16,17). The molecule has 6 heteroatoms. The molecule has 0 fully saturated rings. The molecule has 4 nitrogen and oxygen atoms in total. The summed E-state index contributed by atoms with van der Waals surface area (Å²) in [5, 5.41) is 2.83. The maximum absolute atomic E-state index is 14.3. The lowest BCUT2D eigenvalue weighted by Crippen LogP contribution is -2.28. The van der Waals surface area contributed by atoms with E-state index >= 15 is 0 Å². The van der Waals surface area contributed by atoms with Crippen molar-refractivity contribution in [2.45, 2.75) is 19.4 Å². The van der Waals surface area contributed by atoms with Crippen molar-refractivity contribution in [3.05, 3.63) is 28.9 Å². The van der Waals surface area contributed by atoms with Crippen molar-refractivity contribution in [1.29, 1.82) is 0 Å². The number of methoxy groups -OCH3 is 1. The average Bonchev–Trinajstić information content (AvgIpc) is 2.86. The maximum atomic E-state index is 14.3. The van der Waals surface area contributed by atoms with Gasteiger partial charge in [0, 0.05) is 0 Å². The Morgan fingerprint density at radius 3 is 2.95 bits per heavy atom. The molecule has 0 spiro atoms. The monoisotopic (exact) mass is 297 g/mol. The zero-order valence-electron chi connectivity index (χ0n) is 11.3. The van der Waals surface area contributed by atoms with E-state index in [-0.39, 0.29) is 18.2 Å². The van der Waals surface area contributed by atoms with Crippen molar-refractivity contribution in [3.8, 4) is 5.75 Å². The Bertz CT molecular complexity index is 626. The number of hydrogen-bond acceptors (Lipinski definition) is 4. The lowest BCUT2D eigenvalue weighted by Gasteiger charge is -2.11. The third kappa shape index (κ3) is 2.91. The van der Waals surface area contributed by atoms with Crippen molar-refractivity contribution in [3.63, 3.8) is 0 Å². The van der Waals surface area contributed by atoms with Crippen LogP contribution in [0.25, 0.3) is 10.1 Å². The topological polar surface area (TPSA) is 61.6 Å². The number of thiophene rings is 1. The molecule has 108 valence electrons. The number of fused-ring (bicyclic) bond motifs is 1. The van der Waals surface area contributed by atoms with Crippen LogP contribution in [0.4, 0.5) is 4.39 Å². The van der Waals surface area contributed by atoms with E-state index in [1.807, 2.05) is 11.4 Å². The highest BCUT2D eigenvalue weighted by Gasteiger charge is 2.16. The highest BCUT2D eigenvalue weighted by atomic mass is 32.1. The van der Waals surface area contributed by atoms with Gasteiger partial charge in [0.05, 0.1) is 18.4 Å². The molecule has 1 heterocycles. The van der Waals surface area contributed by atoms with Crippen LogP contribution in [0.2, 0.25) is 0 Å². The van der Waals surface area contributed by atoms with Crippen LogP contribution in [-0.4, -0.2) is 25.7 Å². The maximum Gasteiger partial charge on any atom is 0.246 e. The number of hydrogen-bond donors (Lipinski definition) is 1. The first-order valence-corrected chi connectivity index (χ1v) is 7.06. The average molecular weight is 297 g/mol. The van der Waals surface area contributed by atoms with E-state index in [4.69, 9.17) is 15.2 Å². The third-order valence-electron chi connectivity index (χ3n) is 3.06. The van der Waals surface area contributed by atoms with Gasteiger partial charge in [0.2, 0.25) is 5.91 Å². The summed E-state index contributed by atoms with van der Waals surface area (Å²) >= 11 is 1.44. The molecule has 1 aromatic carbocycles. The van der Waals surface area contributed by atoms with E-state index in [9.17, 15) is 9.18 Å². The van der Waals surface area contributed by atoms with Gasteiger partial charge in [0.1, 0.15) is 6.10 Å². The van der Waals surface area contributed by atoms with Crippen LogP contribution in [0.15, 0.2) is 17.5 Å². The lowest BCUT2D eigenvalue weighted by atomic mass is 10.1. The zero-order chi connectivity index (χ0) is 14.7. The SMILES string of the molecule is COc1c(F)c(CCOC(C)C(N)=O)cc2ccsc12. The first-order chi connectivity index (χ1) is 9.54. The van der Waals surface area contributed by atoms with Gasteiger partial charge in [0.15, 0.2) is 11.6 Å². The van der Waals surface area contributed by atoms with E-state index in [2.05, 4.69) is 0 Å². The molecule has 20 heavy (non-hydrogen) atoms. The molecule has 1 amide bonds. The van der Waals surface area contributed by atoms with E-state index in [0.29, 0.717) is 12.0 Å². The molecule has 2 rings (SSSR count). The Hall–Kier alpha value is -1.66. The Morgan fingerprint density at radius 1 is 1.55 bits per heavy atom. The number of nitrogens with two attached hydrogens (primary N) is 1. The van der Waals surface area contributed by atoms with Gasteiger partial charge in [-0.05, 0) is 41.8 Å². The van der Waals surface area contributed by atoms with Crippen LogP contribution >= 0.6 is 11.3 Å². The van der Waals surface area contributed by atoms with Crippen LogP contribution in [0.3, 0.4) is 0 Å². The van der Waals surface area contributed by atoms with Gasteiger partial charge < -0.3 is 15.2 Å². The number of halogens is 1. The van der Waals surface area contributed by atoms with Crippen LogP contribution in [0, 0.1) is 5.82 Å². The molecule has 0 saturated heterocycles. The Morgan fingerprint density at radius 2 is 2.30 bits per heavy atom. The molecule has 2 aromatic rings. The largest absolute Gasteiger partial charge is 0.492 e. The molecule has 0 saturated carbocycles. The molecule has 0 aliphatic rings. The van der Waals surface area contributed by atoms with E-state index < -0.39 is 12.0 Å². The smallest absolute Gasteiger partial charge is 0.246 e. The molecular weight excluding hydrogens is 281 g/mol. The second-order valence-electron chi connectivity index (χ2n) is 4.39. The summed E-state index contributed by atoms with van der Waals surface area (Å²) < 4.78 is 25.5. The van der Waals surface area contributed by atoms with Crippen LogP contribution < -0.4 is 10.5 Å². The molecule has 0 radical (unpaired) electrons. The minimum absolute atomic E-state index is 0.222. The van der Waals surface area contributed by atoms with Crippen molar-refractivity contribution in [1.82, 2.24) is 0 Å². The van der Waals surface area contributed by atoms with E-state index in [1.54, 1.807) is 13.0 Å². The summed E-state index contributed by atoms with van der Waals surface area (Å²) in [6.07, 6.45) is -0.323. The number of benzene rings is 1. The predicted octanol–water partition coefficient (Wildman–Crippen LogP) is 2.48. The molecule has 0 bridgehead atoms. The van der Waals surface area contributed by atoms with Crippen molar-refractivity contribution in [2.24, 2.45) is 5.73 Å². The Kier molecular flexibility index (Phi) is 4.57. The summed E-state index contributed by atoms with van der Waals surface area (Å²) in [7, 11) is 1.45. The summed E-state index contributed by atoms with van der Waals surface area (Å²) in [5.41, 5.74) is 5.60. The number of amides is 1. The van der Waals surface area contributed by atoms with Crippen molar-refractivity contribution < 1.29 is 18.7 Å². The molecule has 0 aliphatic heterocycles. The Balaban J connectivity index is 2.17. The quantitative estimate of drug-likeness (QED) is 0.891. The number of ether oxygens (including phenoxy) is 2. The fourth-order valence-corrected chi connectivity index (χ4v) is 2.80. The van der Waals surface area contributed by atoms with E-state index in [1.165, 1.54) is 18.4 Å².